The van der Waals surface area contributed by atoms with Gasteiger partial charge in [0.1, 0.15) is 0 Å². The third kappa shape index (κ3) is 3.59. The number of nitrogens with one attached hydrogen (secondary N) is 2. The summed E-state index contributed by atoms with van der Waals surface area (Å²) in [5.41, 5.74) is 1.92. The molecule has 0 heterocycles. The van der Waals surface area contributed by atoms with Crippen molar-refractivity contribution in [1.82, 2.24) is 0 Å². The van der Waals surface area contributed by atoms with E-state index in [1.54, 1.807) is 25.1 Å². The van der Waals surface area contributed by atoms with E-state index < -0.39 is 10.0 Å². The summed E-state index contributed by atoms with van der Waals surface area (Å²) in [5.74, 6) is 0. The molecule has 1 amide bonds. The van der Waals surface area contributed by atoms with Crippen molar-refractivity contribution in [2.24, 2.45) is 0 Å². The highest BCUT2D eigenvalue weighted by atomic mass is 32.2. The maximum atomic E-state index is 10.9. The third-order valence-electron chi connectivity index (χ3n) is 1.74. The fourth-order valence-electron chi connectivity index (χ4n) is 1.17. The molecule has 0 bridgehead atoms. The average molecular weight is 228 g/mol. The first-order chi connectivity index (χ1) is 6.92. The number of aryl methyl sites for hydroxylation is 1. The molecular weight excluding hydrogens is 216 g/mol. The highest BCUT2D eigenvalue weighted by molar-refractivity contribution is 7.92. The van der Waals surface area contributed by atoms with Gasteiger partial charge in [-0.1, -0.05) is 0 Å². The molecule has 0 radical (unpaired) electrons. The predicted molar refractivity (Wildman–Crippen MR) is 59.3 cm³/mol. The summed E-state index contributed by atoms with van der Waals surface area (Å²) in [6.45, 7) is 1.78. The number of amides is 1. The van der Waals surface area contributed by atoms with Gasteiger partial charge in [-0.2, -0.15) is 0 Å². The van der Waals surface area contributed by atoms with Crippen LogP contribution in [-0.4, -0.2) is 21.1 Å². The van der Waals surface area contributed by atoms with Crippen molar-refractivity contribution >= 4 is 27.8 Å². The minimum atomic E-state index is -3.26. The molecule has 0 aliphatic rings. The Morgan fingerprint density at radius 3 is 2.47 bits per heavy atom. The average Bonchev–Trinajstić information content (AvgIpc) is 2.07. The second kappa shape index (κ2) is 4.31. The van der Waals surface area contributed by atoms with Gasteiger partial charge in [0.25, 0.3) is 0 Å². The highest BCUT2D eigenvalue weighted by Gasteiger charge is 2.03. The van der Waals surface area contributed by atoms with Crippen molar-refractivity contribution in [3.05, 3.63) is 23.8 Å². The van der Waals surface area contributed by atoms with Crippen LogP contribution in [0.3, 0.4) is 0 Å². The molecule has 0 saturated heterocycles. The molecule has 15 heavy (non-hydrogen) atoms. The van der Waals surface area contributed by atoms with Crippen LogP contribution in [0.15, 0.2) is 18.2 Å². The van der Waals surface area contributed by atoms with Gasteiger partial charge in [-0.25, -0.2) is 8.42 Å². The minimum absolute atomic E-state index is 0.478. The van der Waals surface area contributed by atoms with E-state index in [0.717, 1.165) is 11.8 Å². The molecule has 1 rings (SSSR count). The Bertz CT molecular complexity index is 468. The van der Waals surface area contributed by atoms with Crippen molar-refractivity contribution in [3.8, 4) is 0 Å². The maximum absolute atomic E-state index is 10.9. The van der Waals surface area contributed by atoms with Crippen LogP contribution in [-0.2, 0) is 14.8 Å². The summed E-state index contributed by atoms with van der Waals surface area (Å²) in [4.78, 5) is 10.2. The van der Waals surface area contributed by atoms with Crippen LogP contribution in [0.2, 0.25) is 0 Å². The molecule has 0 unspecified atom stereocenters. The van der Waals surface area contributed by atoms with Gasteiger partial charge >= 0.3 is 0 Å². The third-order valence-corrected chi connectivity index (χ3v) is 2.35. The first-order valence-electron chi connectivity index (χ1n) is 4.21. The Kier molecular flexibility index (Phi) is 3.31. The number of hydrogen-bond acceptors (Lipinski definition) is 3. The van der Waals surface area contributed by atoms with Gasteiger partial charge in [-0.15, -0.1) is 0 Å². The molecule has 2 N–H and O–H groups in total. The Hall–Kier alpha value is -1.56. The van der Waals surface area contributed by atoms with Crippen molar-refractivity contribution < 1.29 is 13.2 Å². The second-order valence-corrected chi connectivity index (χ2v) is 4.91. The van der Waals surface area contributed by atoms with E-state index >= 15 is 0 Å². The molecule has 0 atom stereocenters. The van der Waals surface area contributed by atoms with Crippen LogP contribution in [0.1, 0.15) is 5.56 Å². The second-order valence-electron chi connectivity index (χ2n) is 3.17. The summed E-state index contributed by atoms with van der Waals surface area (Å²) in [7, 11) is -3.26. The molecule has 0 aliphatic heterocycles. The molecule has 82 valence electrons. The SMILES string of the molecule is Cc1cc(NS(C)(=O)=O)ccc1NC=O. The summed E-state index contributed by atoms with van der Waals surface area (Å²) >= 11 is 0. The standard InChI is InChI=1S/C9H12N2O3S/c1-7-5-8(11-15(2,13)14)3-4-9(7)10-6-12/h3-6,11H,1-2H3,(H,10,12). The molecule has 5 nitrogen and oxygen atoms in total. The Balaban J connectivity index is 2.96. The van der Waals surface area contributed by atoms with E-state index in [0.29, 0.717) is 17.8 Å². The Morgan fingerprint density at radius 1 is 1.33 bits per heavy atom. The minimum Gasteiger partial charge on any atom is -0.328 e. The summed E-state index contributed by atoms with van der Waals surface area (Å²) in [6, 6.07) is 4.87. The Morgan fingerprint density at radius 2 is 2.00 bits per heavy atom. The van der Waals surface area contributed by atoms with Crippen molar-refractivity contribution in [2.45, 2.75) is 6.92 Å². The number of sulfonamides is 1. The van der Waals surface area contributed by atoms with Crippen molar-refractivity contribution in [3.63, 3.8) is 0 Å². The first kappa shape index (κ1) is 11.5. The molecule has 6 heteroatoms. The summed E-state index contributed by atoms with van der Waals surface area (Å²) in [5, 5.41) is 2.51. The van der Waals surface area contributed by atoms with Crippen LogP contribution in [0.25, 0.3) is 0 Å². The fraction of sp³-hybridized carbons (Fsp3) is 0.222. The molecule has 0 saturated carbocycles. The monoisotopic (exact) mass is 228 g/mol. The van der Waals surface area contributed by atoms with E-state index in [9.17, 15) is 13.2 Å². The number of hydrogen-bond donors (Lipinski definition) is 2. The van der Waals surface area contributed by atoms with Crippen molar-refractivity contribution in [1.29, 1.82) is 0 Å². The first-order valence-corrected chi connectivity index (χ1v) is 6.10. The molecule has 0 spiro atoms. The van der Waals surface area contributed by atoms with E-state index in [1.165, 1.54) is 0 Å². The zero-order valence-corrected chi connectivity index (χ0v) is 9.26. The number of rotatable bonds is 4. The number of benzene rings is 1. The summed E-state index contributed by atoms with van der Waals surface area (Å²) < 4.78 is 24.2. The molecule has 1 aromatic carbocycles. The van der Waals surface area contributed by atoms with Gasteiger partial charge in [0, 0.05) is 11.4 Å². The van der Waals surface area contributed by atoms with Crippen LogP contribution in [0.4, 0.5) is 11.4 Å². The lowest BCUT2D eigenvalue weighted by Crippen LogP contribution is -2.09. The van der Waals surface area contributed by atoms with E-state index in [4.69, 9.17) is 0 Å². The van der Waals surface area contributed by atoms with E-state index in [2.05, 4.69) is 10.0 Å². The van der Waals surface area contributed by atoms with Gasteiger partial charge < -0.3 is 5.32 Å². The molecular formula is C9H12N2O3S. The van der Waals surface area contributed by atoms with Crippen LogP contribution >= 0.6 is 0 Å². The molecule has 0 aliphatic carbocycles. The highest BCUT2D eigenvalue weighted by Crippen LogP contribution is 2.19. The van der Waals surface area contributed by atoms with E-state index in [-0.39, 0.29) is 0 Å². The lowest BCUT2D eigenvalue weighted by atomic mass is 10.2. The Labute approximate surface area is 88.5 Å². The normalized spacial score (nSPS) is 10.8. The smallest absolute Gasteiger partial charge is 0.229 e. The number of carbonyl (C=O) groups is 1. The zero-order chi connectivity index (χ0) is 11.5. The van der Waals surface area contributed by atoms with Crippen molar-refractivity contribution in [2.75, 3.05) is 16.3 Å². The lowest BCUT2D eigenvalue weighted by Gasteiger charge is -2.08. The molecule has 0 aromatic heterocycles. The van der Waals surface area contributed by atoms with Crippen LogP contribution in [0, 0.1) is 6.92 Å². The molecule has 0 fully saturated rings. The number of carbonyl (C=O) groups excluding carboxylic acids is 1. The zero-order valence-electron chi connectivity index (χ0n) is 8.44. The van der Waals surface area contributed by atoms with E-state index in [1.807, 2.05) is 0 Å². The van der Waals surface area contributed by atoms with Crippen LogP contribution in [0.5, 0.6) is 0 Å². The van der Waals surface area contributed by atoms with Gasteiger partial charge in [0.15, 0.2) is 0 Å². The quantitative estimate of drug-likeness (QED) is 0.753. The van der Waals surface area contributed by atoms with Gasteiger partial charge in [0.2, 0.25) is 16.4 Å². The topological polar surface area (TPSA) is 75.3 Å². The van der Waals surface area contributed by atoms with Gasteiger partial charge in [0.05, 0.1) is 6.26 Å². The van der Waals surface area contributed by atoms with Gasteiger partial charge in [-0.05, 0) is 30.7 Å². The predicted octanol–water partition coefficient (Wildman–Crippen LogP) is 0.935. The molecule has 1 aromatic rings. The lowest BCUT2D eigenvalue weighted by molar-refractivity contribution is -0.105. The van der Waals surface area contributed by atoms with Gasteiger partial charge in [-0.3, -0.25) is 9.52 Å². The van der Waals surface area contributed by atoms with Crippen LogP contribution < -0.4 is 10.0 Å². The largest absolute Gasteiger partial charge is 0.328 e. The summed E-state index contributed by atoms with van der Waals surface area (Å²) in [6.07, 6.45) is 1.66. The fourth-order valence-corrected chi connectivity index (χ4v) is 1.72. The maximum Gasteiger partial charge on any atom is 0.229 e. The number of anilines is 2.